The molecule has 6 heteroatoms. The van der Waals surface area contributed by atoms with Crippen LogP contribution in [0.5, 0.6) is 5.75 Å². The predicted molar refractivity (Wildman–Crippen MR) is 128 cm³/mol. The van der Waals surface area contributed by atoms with Crippen molar-refractivity contribution < 1.29 is 13.9 Å². The lowest BCUT2D eigenvalue weighted by Crippen LogP contribution is -2.23. The summed E-state index contributed by atoms with van der Waals surface area (Å²) in [7, 11) is 0. The molecule has 0 unspecified atom stereocenters. The third-order valence-electron chi connectivity index (χ3n) is 5.93. The molecule has 0 spiro atoms. The Morgan fingerprint density at radius 3 is 2.53 bits per heavy atom. The van der Waals surface area contributed by atoms with Gasteiger partial charge in [-0.15, -0.1) is 0 Å². The fourth-order valence-corrected chi connectivity index (χ4v) is 4.20. The highest BCUT2D eigenvalue weighted by Crippen LogP contribution is 2.39. The molecule has 0 N–H and O–H groups in total. The number of ether oxygens (including phenoxy) is 2. The molecule has 0 amide bonds. The van der Waals surface area contributed by atoms with E-state index >= 15 is 0 Å². The number of fused-ring (bicyclic) bond motifs is 1. The third-order valence-corrected chi connectivity index (χ3v) is 5.93. The molecule has 170 valence electrons. The molecule has 1 aromatic heterocycles. The zero-order chi connectivity index (χ0) is 23.5. The maximum atomic E-state index is 14.1. The largest absolute Gasteiger partial charge is 0.491 e. The van der Waals surface area contributed by atoms with Crippen molar-refractivity contribution >= 4 is 10.8 Å². The number of nitrogens with zero attached hydrogens (tertiary/aromatic N) is 2. The Kier molecular flexibility index (Phi) is 6.11. The van der Waals surface area contributed by atoms with Crippen LogP contribution < -0.4 is 10.3 Å². The van der Waals surface area contributed by atoms with E-state index in [0.717, 1.165) is 18.4 Å². The summed E-state index contributed by atoms with van der Waals surface area (Å²) < 4.78 is 27.2. The Balaban J connectivity index is 1.47. The SMILES string of the molecule is N#Cc1c(-c2cccc(F)c2)c2cc(OCCOCc3ccccc3)ccc2c(=O)n1C1CC1. The van der Waals surface area contributed by atoms with Crippen LogP contribution in [0.1, 0.15) is 30.1 Å². The molecule has 0 radical (unpaired) electrons. The molecule has 3 aromatic carbocycles. The van der Waals surface area contributed by atoms with E-state index in [1.54, 1.807) is 34.9 Å². The molecular weight excluding hydrogens is 431 g/mol. The van der Waals surface area contributed by atoms with E-state index in [1.165, 1.54) is 12.1 Å². The third kappa shape index (κ3) is 4.43. The van der Waals surface area contributed by atoms with E-state index in [0.29, 0.717) is 47.5 Å². The van der Waals surface area contributed by atoms with Crippen LogP contribution in [-0.4, -0.2) is 17.8 Å². The van der Waals surface area contributed by atoms with Crippen LogP contribution >= 0.6 is 0 Å². The van der Waals surface area contributed by atoms with Crippen LogP contribution in [0.4, 0.5) is 4.39 Å². The smallest absolute Gasteiger partial charge is 0.259 e. The van der Waals surface area contributed by atoms with Crippen molar-refractivity contribution in [1.82, 2.24) is 4.57 Å². The van der Waals surface area contributed by atoms with Gasteiger partial charge in [-0.2, -0.15) is 5.26 Å². The normalized spacial score (nSPS) is 13.1. The summed E-state index contributed by atoms with van der Waals surface area (Å²) in [5, 5.41) is 11.1. The Morgan fingerprint density at radius 1 is 0.971 bits per heavy atom. The van der Waals surface area contributed by atoms with E-state index in [4.69, 9.17) is 9.47 Å². The molecule has 1 fully saturated rings. The molecule has 0 atom stereocenters. The first-order valence-corrected chi connectivity index (χ1v) is 11.3. The van der Waals surface area contributed by atoms with E-state index in [2.05, 4.69) is 6.07 Å². The van der Waals surface area contributed by atoms with E-state index in [1.807, 2.05) is 30.3 Å². The molecule has 0 saturated heterocycles. The minimum atomic E-state index is -0.401. The standard InChI is InChI=1S/C28H23FN2O3/c29-21-8-4-7-20(15-21)27-25-16-23(34-14-13-33-18-19-5-2-1-3-6-19)11-12-24(25)28(32)31(22-9-10-22)26(27)17-30/h1-8,11-12,15-16,22H,9-10,13-14,18H2. The number of hydrogen-bond acceptors (Lipinski definition) is 4. The topological polar surface area (TPSA) is 64.2 Å². The van der Waals surface area contributed by atoms with Gasteiger partial charge in [0.2, 0.25) is 0 Å². The molecule has 1 saturated carbocycles. The zero-order valence-corrected chi connectivity index (χ0v) is 18.5. The van der Waals surface area contributed by atoms with Gasteiger partial charge in [0.05, 0.1) is 13.2 Å². The second kappa shape index (κ2) is 9.50. The van der Waals surface area contributed by atoms with Crippen LogP contribution in [0.3, 0.4) is 0 Å². The van der Waals surface area contributed by atoms with Crippen molar-refractivity contribution in [1.29, 1.82) is 5.26 Å². The van der Waals surface area contributed by atoms with Crippen LogP contribution in [0.25, 0.3) is 21.9 Å². The lowest BCUT2D eigenvalue weighted by Gasteiger charge is -2.16. The predicted octanol–water partition coefficient (Wildman–Crippen LogP) is 5.61. The average molecular weight is 455 g/mol. The summed E-state index contributed by atoms with van der Waals surface area (Å²) in [6, 6.07) is 23.5. The minimum Gasteiger partial charge on any atom is -0.491 e. The van der Waals surface area contributed by atoms with Crippen molar-refractivity contribution in [3.8, 4) is 22.9 Å². The maximum Gasteiger partial charge on any atom is 0.259 e. The summed E-state index contributed by atoms with van der Waals surface area (Å²) in [6.07, 6.45) is 1.71. The second-order valence-corrected chi connectivity index (χ2v) is 8.35. The summed E-state index contributed by atoms with van der Waals surface area (Å²) in [6.45, 7) is 1.23. The highest BCUT2D eigenvalue weighted by atomic mass is 19.1. The van der Waals surface area contributed by atoms with Crippen molar-refractivity contribution in [2.45, 2.75) is 25.5 Å². The summed E-state index contributed by atoms with van der Waals surface area (Å²) in [5.74, 6) is 0.155. The zero-order valence-electron chi connectivity index (χ0n) is 18.5. The lowest BCUT2D eigenvalue weighted by atomic mass is 9.96. The Bertz CT molecular complexity index is 1440. The highest BCUT2D eigenvalue weighted by Gasteiger charge is 2.30. The number of rotatable bonds is 8. The quantitative estimate of drug-likeness (QED) is 0.325. The first-order valence-electron chi connectivity index (χ1n) is 11.3. The number of hydrogen-bond donors (Lipinski definition) is 0. The van der Waals surface area contributed by atoms with Crippen LogP contribution in [-0.2, 0) is 11.3 Å². The van der Waals surface area contributed by atoms with Gasteiger partial charge < -0.3 is 9.47 Å². The number of nitriles is 1. The van der Waals surface area contributed by atoms with Gasteiger partial charge >= 0.3 is 0 Å². The lowest BCUT2D eigenvalue weighted by molar-refractivity contribution is 0.0890. The van der Waals surface area contributed by atoms with Crippen molar-refractivity contribution in [3.05, 3.63) is 100 Å². The molecule has 1 aliphatic carbocycles. The highest BCUT2D eigenvalue weighted by molar-refractivity contribution is 5.99. The molecule has 5 rings (SSSR count). The summed E-state index contributed by atoms with van der Waals surface area (Å²) in [4.78, 5) is 13.3. The molecule has 34 heavy (non-hydrogen) atoms. The van der Waals surface area contributed by atoms with E-state index in [-0.39, 0.29) is 17.3 Å². The Hall–Kier alpha value is -3.95. The monoisotopic (exact) mass is 454 g/mol. The number of pyridine rings is 1. The van der Waals surface area contributed by atoms with Crippen LogP contribution in [0, 0.1) is 17.1 Å². The van der Waals surface area contributed by atoms with Gasteiger partial charge in [0.1, 0.15) is 29.9 Å². The number of halogens is 1. The van der Waals surface area contributed by atoms with Gasteiger partial charge in [0.25, 0.3) is 5.56 Å². The summed E-state index contributed by atoms with van der Waals surface area (Å²) in [5.41, 5.74) is 2.25. The molecule has 5 nitrogen and oxygen atoms in total. The molecule has 0 aliphatic heterocycles. The Labute approximate surface area is 196 Å². The van der Waals surface area contributed by atoms with Crippen LogP contribution in [0.2, 0.25) is 0 Å². The second-order valence-electron chi connectivity index (χ2n) is 8.35. The van der Waals surface area contributed by atoms with Gasteiger partial charge in [0, 0.05) is 22.4 Å². The van der Waals surface area contributed by atoms with Gasteiger partial charge in [-0.3, -0.25) is 9.36 Å². The van der Waals surface area contributed by atoms with Gasteiger partial charge in [-0.25, -0.2) is 4.39 Å². The molecule has 1 aliphatic rings. The fraction of sp³-hybridized carbons (Fsp3) is 0.214. The van der Waals surface area contributed by atoms with Gasteiger partial charge in [0.15, 0.2) is 0 Å². The van der Waals surface area contributed by atoms with Crippen LogP contribution in [0.15, 0.2) is 77.6 Å². The minimum absolute atomic E-state index is 0.0107. The van der Waals surface area contributed by atoms with Crippen molar-refractivity contribution in [2.75, 3.05) is 13.2 Å². The number of aromatic nitrogens is 1. The van der Waals surface area contributed by atoms with E-state index in [9.17, 15) is 14.4 Å². The average Bonchev–Trinajstić information content (AvgIpc) is 3.69. The maximum absolute atomic E-state index is 14.1. The number of benzene rings is 3. The molecule has 0 bridgehead atoms. The van der Waals surface area contributed by atoms with E-state index < -0.39 is 5.82 Å². The molecule has 1 heterocycles. The van der Waals surface area contributed by atoms with Gasteiger partial charge in [-0.05, 0) is 54.3 Å². The summed E-state index contributed by atoms with van der Waals surface area (Å²) >= 11 is 0. The van der Waals surface area contributed by atoms with Gasteiger partial charge in [-0.1, -0.05) is 42.5 Å². The van der Waals surface area contributed by atoms with Crippen molar-refractivity contribution in [3.63, 3.8) is 0 Å². The molecule has 4 aromatic rings. The molecular formula is C28H23FN2O3. The Morgan fingerprint density at radius 2 is 1.79 bits per heavy atom. The first kappa shape index (κ1) is 21.9. The fourth-order valence-electron chi connectivity index (χ4n) is 4.20. The van der Waals surface area contributed by atoms with Crippen molar-refractivity contribution in [2.24, 2.45) is 0 Å². The first-order chi connectivity index (χ1) is 16.7.